The number of carbonyl (C=O) groups excluding carboxylic acids is 4. The lowest BCUT2D eigenvalue weighted by Crippen LogP contribution is -2.56. The van der Waals surface area contributed by atoms with E-state index >= 15 is 0 Å². The summed E-state index contributed by atoms with van der Waals surface area (Å²) in [5.41, 5.74) is -0.0301. The average Bonchev–Trinajstić information content (AvgIpc) is 3.75. The number of carbonyl (C=O) groups is 4. The van der Waals surface area contributed by atoms with Crippen molar-refractivity contribution in [1.82, 2.24) is 10.2 Å². The first-order valence-electron chi connectivity index (χ1n) is 17.2. The summed E-state index contributed by atoms with van der Waals surface area (Å²) in [6.45, 7) is 8.12. The SMILES string of the molecule is C=CCCC(=O)NC[C@H](OC(=O)[C@@H]1[C@H]2C(=O)N(CCCCCCO)[C@H](C(=O)N(CC=C)c3ccccc3Cl)[C@]23CC[C@H]1O3)c1ccccc1. The molecular weight excluding hydrogens is 646 g/mol. The van der Waals surface area contributed by atoms with E-state index in [1.807, 2.05) is 30.3 Å². The van der Waals surface area contributed by atoms with Gasteiger partial charge < -0.3 is 29.7 Å². The second-order valence-corrected chi connectivity index (χ2v) is 13.3. The Kier molecular flexibility index (Phi) is 12.3. The molecule has 1 spiro atoms. The number of nitrogens with zero attached hydrogens (tertiary/aromatic N) is 2. The molecule has 0 unspecified atom stereocenters. The van der Waals surface area contributed by atoms with Crippen LogP contribution in [0.2, 0.25) is 5.02 Å². The maximum absolute atomic E-state index is 14.7. The number of esters is 1. The monoisotopic (exact) mass is 691 g/mol. The molecule has 262 valence electrons. The Morgan fingerprint density at radius 2 is 1.82 bits per heavy atom. The molecule has 0 saturated carbocycles. The van der Waals surface area contributed by atoms with Crippen LogP contribution in [0.4, 0.5) is 5.69 Å². The van der Waals surface area contributed by atoms with Gasteiger partial charge in [0.05, 0.1) is 35.2 Å². The largest absolute Gasteiger partial charge is 0.455 e. The van der Waals surface area contributed by atoms with Gasteiger partial charge in [0.1, 0.15) is 17.7 Å². The van der Waals surface area contributed by atoms with E-state index < -0.39 is 41.7 Å². The predicted molar refractivity (Wildman–Crippen MR) is 187 cm³/mol. The third-order valence-corrected chi connectivity index (χ3v) is 10.1. The number of amides is 3. The van der Waals surface area contributed by atoms with Crippen LogP contribution in [0.5, 0.6) is 0 Å². The van der Waals surface area contributed by atoms with E-state index in [-0.39, 0.29) is 43.8 Å². The van der Waals surface area contributed by atoms with Crippen molar-refractivity contribution in [3.8, 4) is 0 Å². The Bertz CT molecular complexity index is 1520. The highest BCUT2D eigenvalue weighted by atomic mass is 35.5. The highest BCUT2D eigenvalue weighted by Crippen LogP contribution is 2.59. The zero-order valence-corrected chi connectivity index (χ0v) is 28.6. The zero-order chi connectivity index (χ0) is 35.0. The average molecular weight is 692 g/mol. The summed E-state index contributed by atoms with van der Waals surface area (Å²) in [5, 5.41) is 12.5. The Morgan fingerprint density at radius 3 is 2.53 bits per heavy atom. The van der Waals surface area contributed by atoms with Gasteiger partial charge in [-0.1, -0.05) is 79.1 Å². The van der Waals surface area contributed by atoms with Crippen LogP contribution >= 0.6 is 11.6 Å². The molecule has 11 heteroatoms. The highest BCUT2D eigenvalue weighted by molar-refractivity contribution is 6.34. The zero-order valence-electron chi connectivity index (χ0n) is 27.8. The van der Waals surface area contributed by atoms with Crippen LogP contribution in [0.25, 0.3) is 0 Å². The Hall–Kier alpha value is -3.99. The number of para-hydroxylation sites is 1. The quantitative estimate of drug-likeness (QED) is 0.126. The fraction of sp³-hybridized carbons (Fsp3) is 0.474. The van der Waals surface area contributed by atoms with Gasteiger partial charge in [-0.2, -0.15) is 0 Å². The number of benzene rings is 2. The van der Waals surface area contributed by atoms with Crippen LogP contribution in [0.15, 0.2) is 79.9 Å². The number of aliphatic hydroxyl groups is 1. The lowest BCUT2D eigenvalue weighted by atomic mass is 9.70. The van der Waals surface area contributed by atoms with Gasteiger partial charge in [-0.15, -0.1) is 13.2 Å². The third-order valence-electron chi connectivity index (χ3n) is 9.82. The van der Waals surface area contributed by atoms with Gasteiger partial charge in [0.25, 0.3) is 5.91 Å². The minimum atomic E-state index is -1.23. The van der Waals surface area contributed by atoms with Gasteiger partial charge in [-0.25, -0.2) is 0 Å². The number of aliphatic hydroxyl groups excluding tert-OH is 1. The van der Waals surface area contributed by atoms with Crippen molar-refractivity contribution < 1.29 is 33.8 Å². The van der Waals surface area contributed by atoms with E-state index in [2.05, 4.69) is 18.5 Å². The van der Waals surface area contributed by atoms with Gasteiger partial charge in [-0.05, 0) is 49.8 Å². The van der Waals surface area contributed by atoms with E-state index in [1.54, 1.807) is 41.3 Å². The molecule has 3 amide bonds. The van der Waals surface area contributed by atoms with Crippen LogP contribution in [0.3, 0.4) is 0 Å². The standard InChI is InChI=1S/C38H46ClN3O7/c1-3-5-19-31(44)40-25-30(26-15-9-8-10-16-26)48-37(47)32-29-20-21-38(49-29)33(32)35(45)42(23-13-6-7-14-24-43)34(38)36(46)41(22-4-2)28-18-12-11-17-27(28)39/h3-4,8-12,15-18,29-30,32-34,43H,1-2,5-7,13-14,19-25H2,(H,40,44)/t29-,30+,32+,33+,34-,38+/m1/s1. The molecule has 3 fully saturated rings. The van der Waals surface area contributed by atoms with Gasteiger partial charge in [-0.3, -0.25) is 19.2 Å². The number of nitrogens with one attached hydrogen (secondary N) is 1. The molecule has 2 aromatic rings. The molecule has 2 bridgehead atoms. The van der Waals surface area contributed by atoms with Crippen molar-refractivity contribution in [2.75, 3.05) is 31.1 Å². The Balaban J connectivity index is 1.45. The van der Waals surface area contributed by atoms with Gasteiger partial charge in [0, 0.05) is 26.1 Å². The molecule has 2 N–H and O–H groups in total. The van der Waals surface area contributed by atoms with Crippen LogP contribution in [0.1, 0.15) is 63.0 Å². The normalized spacial score (nSPS) is 24.3. The molecule has 10 nitrogen and oxygen atoms in total. The molecule has 5 rings (SSSR count). The molecule has 3 heterocycles. The molecule has 49 heavy (non-hydrogen) atoms. The number of halogens is 1. The lowest BCUT2D eigenvalue weighted by Gasteiger charge is -2.37. The molecule has 3 saturated heterocycles. The first-order valence-corrected chi connectivity index (χ1v) is 17.5. The molecular formula is C38H46ClN3O7. The number of hydrogen-bond acceptors (Lipinski definition) is 7. The number of fused-ring (bicyclic) bond motifs is 1. The maximum Gasteiger partial charge on any atom is 0.313 e. The van der Waals surface area contributed by atoms with Crippen molar-refractivity contribution in [3.63, 3.8) is 0 Å². The Morgan fingerprint density at radius 1 is 1.08 bits per heavy atom. The number of hydrogen-bond donors (Lipinski definition) is 2. The molecule has 2 aromatic carbocycles. The van der Waals surface area contributed by atoms with Gasteiger partial charge in [0.2, 0.25) is 11.8 Å². The molecule has 3 aliphatic heterocycles. The second kappa shape index (κ2) is 16.6. The van der Waals surface area contributed by atoms with Crippen molar-refractivity contribution in [2.45, 2.75) is 75.2 Å². The third kappa shape index (κ3) is 7.61. The summed E-state index contributed by atoms with van der Waals surface area (Å²) < 4.78 is 12.8. The summed E-state index contributed by atoms with van der Waals surface area (Å²) in [6.07, 6.45) is 6.39. The van der Waals surface area contributed by atoms with Crippen LogP contribution in [-0.4, -0.2) is 77.7 Å². The summed E-state index contributed by atoms with van der Waals surface area (Å²) >= 11 is 6.57. The van der Waals surface area contributed by atoms with Crippen molar-refractivity contribution in [3.05, 3.63) is 90.5 Å². The van der Waals surface area contributed by atoms with Crippen molar-refractivity contribution in [2.24, 2.45) is 11.8 Å². The second-order valence-electron chi connectivity index (χ2n) is 12.9. The molecule has 0 radical (unpaired) electrons. The summed E-state index contributed by atoms with van der Waals surface area (Å²) in [5.74, 6) is -3.28. The number of rotatable bonds is 18. The minimum Gasteiger partial charge on any atom is -0.455 e. The van der Waals surface area contributed by atoms with E-state index in [4.69, 9.17) is 21.1 Å². The summed E-state index contributed by atoms with van der Waals surface area (Å²) in [7, 11) is 0. The van der Waals surface area contributed by atoms with Gasteiger partial charge >= 0.3 is 5.97 Å². The highest BCUT2D eigenvalue weighted by Gasteiger charge is 2.75. The smallest absolute Gasteiger partial charge is 0.313 e. The first-order chi connectivity index (χ1) is 23.8. The van der Waals surface area contributed by atoms with Crippen LogP contribution in [0, 0.1) is 11.8 Å². The minimum absolute atomic E-state index is 0.0587. The van der Waals surface area contributed by atoms with Gasteiger partial charge in [0.15, 0.2) is 0 Å². The Labute approximate surface area is 293 Å². The van der Waals surface area contributed by atoms with Crippen LogP contribution < -0.4 is 10.2 Å². The number of anilines is 1. The van der Waals surface area contributed by atoms with Crippen molar-refractivity contribution >= 4 is 41.0 Å². The topological polar surface area (TPSA) is 125 Å². The lowest BCUT2D eigenvalue weighted by molar-refractivity contribution is -0.160. The number of unbranched alkanes of at least 4 members (excludes halogenated alkanes) is 3. The molecule has 0 aliphatic carbocycles. The molecule has 6 atom stereocenters. The number of ether oxygens (including phenoxy) is 2. The predicted octanol–water partition coefficient (Wildman–Crippen LogP) is 5.15. The fourth-order valence-corrected chi connectivity index (χ4v) is 7.82. The summed E-state index contributed by atoms with van der Waals surface area (Å²) in [6, 6.07) is 15.2. The van der Waals surface area contributed by atoms with E-state index in [9.17, 15) is 24.3 Å². The maximum atomic E-state index is 14.7. The molecule has 3 aliphatic rings. The number of likely N-dealkylation sites (tertiary alicyclic amines) is 1. The van der Waals surface area contributed by atoms with E-state index in [0.717, 1.165) is 12.8 Å². The first kappa shape index (κ1) is 36.3. The van der Waals surface area contributed by atoms with E-state index in [1.165, 1.54) is 4.90 Å². The molecule has 0 aromatic heterocycles. The van der Waals surface area contributed by atoms with Crippen molar-refractivity contribution in [1.29, 1.82) is 0 Å². The fourth-order valence-electron chi connectivity index (χ4n) is 7.58. The van der Waals surface area contributed by atoms with E-state index in [0.29, 0.717) is 54.9 Å². The van der Waals surface area contributed by atoms with Crippen LogP contribution in [-0.2, 0) is 28.7 Å². The summed E-state index contributed by atoms with van der Waals surface area (Å²) in [4.78, 5) is 59.0. The number of allylic oxidation sites excluding steroid dienone is 1.